The summed E-state index contributed by atoms with van der Waals surface area (Å²) >= 11 is 0. The lowest BCUT2D eigenvalue weighted by Gasteiger charge is -2.16. The minimum Gasteiger partial charge on any atom is -0.376 e. The normalized spacial score (nSPS) is 13.7. The number of fused-ring (bicyclic) bond motifs is 1. The van der Waals surface area contributed by atoms with E-state index in [9.17, 15) is 4.79 Å². The second-order valence-electron chi connectivity index (χ2n) is 7.15. The first-order chi connectivity index (χ1) is 12.6. The third-order valence-electron chi connectivity index (χ3n) is 4.82. The first kappa shape index (κ1) is 18.6. The molecular weight excluding hydrogens is 326 g/mol. The fraction of sp³-hybridized carbons (Fsp3) is 0.524. The molecule has 1 amide bonds. The monoisotopic (exact) mass is 355 g/mol. The predicted molar refractivity (Wildman–Crippen MR) is 102 cm³/mol. The molecule has 0 spiro atoms. The van der Waals surface area contributed by atoms with Gasteiger partial charge in [0.2, 0.25) is 5.91 Å². The summed E-state index contributed by atoms with van der Waals surface area (Å²) in [5, 5.41) is 7.78. The van der Waals surface area contributed by atoms with E-state index in [0.717, 1.165) is 38.1 Å². The van der Waals surface area contributed by atoms with Crippen molar-refractivity contribution in [2.75, 3.05) is 13.2 Å². The topological polar surface area (TPSA) is 56.2 Å². The molecule has 1 aromatic carbocycles. The van der Waals surface area contributed by atoms with E-state index in [2.05, 4.69) is 48.1 Å². The highest BCUT2D eigenvalue weighted by Gasteiger charge is 2.22. The van der Waals surface area contributed by atoms with Gasteiger partial charge in [0.05, 0.1) is 18.9 Å². The molecule has 0 bridgehead atoms. The van der Waals surface area contributed by atoms with Gasteiger partial charge in [-0.3, -0.25) is 9.48 Å². The lowest BCUT2D eigenvalue weighted by molar-refractivity contribution is -0.121. The average molecular weight is 355 g/mol. The van der Waals surface area contributed by atoms with Crippen LogP contribution in [-0.4, -0.2) is 28.8 Å². The molecule has 140 valence electrons. The van der Waals surface area contributed by atoms with Crippen LogP contribution in [0.25, 0.3) is 0 Å². The Balaban J connectivity index is 1.46. The van der Waals surface area contributed by atoms with Crippen LogP contribution in [0.3, 0.4) is 0 Å². The molecule has 0 unspecified atom stereocenters. The number of aryl methyl sites for hydroxylation is 2. The molecular formula is C21H29N3O2. The summed E-state index contributed by atoms with van der Waals surface area (Å²) in [6.45, 7) is 6.39. The van der Waals surface area contributed by atoms with Crippen molar-refractivity contribution in [2.45, 2.75) is 58.6 Å². The molecule has 0 atom stereocenters. The molecule has 3 rings (SSSR count). The maximum atomic E-state index is 12.2. The number of amides is 1. The van der Waals surface area contributed by atoms with Gasteiger partial charge in [-0.05, 0) is 32.3 Å². The molecule has 1 aliphatic rings. The summed E-state index contributed by atoms with van der Waals surface area (Å²) in [6, 6.07) is 10.7. The number of carbonyl (C=O) groups excluding carboxylic acids is 1. The molecule has 2 heterocycles. The highest BCUT2D eigenvalue weighted by Crippen LogP contribution is 2.24. The van der Waals surface area contributed by atoms with E-state index in [-0.39, 0.29) is 5.91 Å². The zero-order chi connectivity index (χ0) is 18.4. The summed E-state index contributed by atoms with van der Waals surface area (Å²) < 4.78 is 7.71. The van der Waals surface area contributed by atoms with Gasteiger partial charge in [-0.2, -0.15) is 5.10 Å². The fourth-order valence-electron chi connectivity index (χ4n) is 3.44. The Morgan fingerprint density at radius 3 is 2.85 bits per heavy atom. The van der Waals surface area contributed by atoms with E-state index < -0.39 is 0 Å². The molecule has 0 fully saturated rings. The fourth-order valence-corrected chi connectivity index (χ4v) is 3.44. The standard InChI is InChI=1S/C21H29N3O2/c1-16(2)24-20-12-14-26-15-18(20)19(23-24)10-11-21(25)22-13-6-9-17-7-4-3-5-8-17/h3-5,7-8,16H,6,9-15H2,1-2H3,(H,22,25). The van der Waals surface area contributed by atoms with Gasteiger partial charge in [0.25, 0.3) is 0 Å². The maximum Gasteiger partial charge on any atom is 0.220 e. The van der Waals surface area contributed by atoms with Crippen LogP contribution in [0.15, 0.2) is 30.3 Å². The predicted octanol–water partition coefficient (Wildman–Crippen LogP) is 3.22. The number of carbonyl (C=O) groups is 1. The van der Waals surface area contributed by atoms with Crippen LogP contribution in [0, 0.1) is 0 Å². The van der Waals surface area contributed by atoms with Crippen molar-refractivity contribution in [1.29, 1.82) is 0 Å². The highest BCUT2D eigenvalue weighted by atomic mass is 16.5. The van der Waals surface area contributed by atoms with E-state index in [1.807, 2.05) is 6.07 Å². The molecule has 26 heavy (non-hydrogen) atoms. The molecule has 2 aromatic rings. The van der Waals surface area contributed by atoms with Crippen molar-refractivity contribution in [1.82, 2.24) is 15.1 Å². The Labute approximate surface area is 155 Å². The van der Waals surface area contributed by atoms with E-state index in [1.54, 1.807) is 0 Å². The molecule has 5 nitrogen and oxygen atoms in total. The number of hydrogen-bond donors (Lipinski definition) is 1. The lowest BCUT2D eigenvalue weighted by atomic mass is 10.1. The second kappa shape index (κ2) is 8.99. The van der Waals surface area contributed by atoms with Crippen molar-refractivity contribution < 1.29 is 9.53 Å². The Kier molecular flexibility index (Phi) is 6.45. The van der Waals surface area contributed by atoms with Gasteiger partial charge in [0.1, 0.15) is 0 Å². The van der Waals surface area contributed by atoms with Crippen LogP contribution < -0.4 is 5.32 Å². The minimum atomic E-state index is 0.0997. The van der Waals surface area contributed by atoms with Gasteiger partial charge in [-0.1, -0.05) is 30.3 Å². The van der Waals surface area contributed by atoms with Crippen LogP contribution in [0.2, 0.25) is 0 Å². The number of benzene rings is 1. The Morgan fingerprint density at radius 2 is 2.08 bits per heavy atom. The highest BCUT2D eigenvalue weighted by molar-refractivity contribution is 5.76. The minimum absolute atomic E-state index is 0.0997. The van der Waals surface area contributed by atoms with Crippen LogP contribution >= 0.6 is 0 Å². The average Bonchev–Trinajstić information content (AvgIpc) is 3.04. The number of nitrogens with one attached hydrogen (secondary N) is 1. The summed E-state index contributed by atoms with van der Waals surface area (Å²) in [7, 11) is 0. The van der Waals surface area contributed by atoms with E-state index in [0.29, 0.717) is 25.5 Å². The van der Waals surface area contributed by atoms with Crippen LogP contribution in [-0.2, 0) is 35.4 Å². The van der Waals surface area contributed by atoms with Crippen LogP contribution in [0.1, 0.15) is 55.2 Å². The van der Waals surface area contributed by atoms with Gasteiger partial charge in [-0.25, -0.2) is 0 Å². The second-order valence-corrected chi connectivity index (χ2v) is 7.15. The van der Waals surface area contributed by atoms with Crippen molar-refractivity contribution in [3.8, 4) is 0 Å². The SMILES string of the molecule is CC(C)n1nc(CCC(=O)NCCCc2ccccc2)c2c1CCOC2. The van der Waals surface area contributed by atoms with E-state index in [1.165, 1.54) is 16.8 Å². The molecule has 5 heteroatoms. The van der Waals surface area contributed by atoms with Gasteiger partial charge in [0.15, 0.2) is 0 Å². The third-order valence-corrected chi connectivity index (χ3v) is 4.82. The van der Waals surface area contributed by atoms with Crippen LogP contribution in [0.5, 0.6) is 0 Å². The van der Waals surface area contributed by atoms with Gasteiger partial charge in [-0.15, -0.1) is 0 Å². The first-order valence-electron chi connectivity index (χ1n) is 9.62. The van der Waals surface area contributed by atoms with Gasteiger partial charge >= 0.3 is 0 Å². The smallest absolute Gasteiger partial charge is 0.220 e. The Bertz CT molecular complexity index is 722. The Hall–Kier alpha value is -2.14. The largest absolute Gasteiger partial charge is 0.376 e. The molecule has 0 radical (unpaired) electrons. The quantitative estimate of drug-likeness (QED) is 0.740. The molecule has 0 saturated carbocycles. The summed E-state index contributed by atoms with van der Waals surface area (Å²) in [6.07, 6.45) is 4.01. The molecule has 1 aromatic heterocycles. The summed E-state index contributed by atoms with van der Waals surface area (Å²) in [5.74, 6) is 0.0997. The van der Waals surface area contributed by atoms with Crippen molar-refractivity contribution in [3.63, 3.8) is 0 Å². The number of rotatable bonds is 8. The molecule has 0 aliphatic carbocycles. The lowest BCUT2D eigenvalue weighted by Crippen LogP contribution is -2.25. The van der Waals surface area contributed by atoms with E-state index >= 15 is 0 Å². The third kappa shape index (κ3) is 4.73. The maximum absolute atomic E-state index is 12.2. The number of ether oxygens (including phenoxy) is 1. The van der Waals surface area contributed by atoms with Crippen molar-refractivity contribution >= 4 is 5.91 Å². The first-order valence-corrected chi connectivity index (χ1v) is 9.62. The van der Waals surface area contributed by atoms with Crippen molar-refractivity contribution in [2.24, 2.45) is 0 Å². The van der Waals surface area contributed by atoms with Gasteiger partial charge in [0, 0.05) is 43.1 Å². The molecule has 1 aliphatic heterocycles. The zero-order valence-corrected chi connectivity index (χ0v) is 15.8. The van der Waals surface area contributed by atoms with Gasteiger partial charge < -0.3 is 10.1 Å². The van der Waals surface area contributed by atoms with E-state index in [4.69, 9.17) is 9.84 Å². The number of aromatic nitrogens is 2. The molecule has 1 N–H and O–H groups in total. The number of hydrogen-bond acceptors (Lipinski definition) is 3. The summed E-state index contributed by atoms with van der Waals surface area (Å²) in [4.78, 5) is 12.2. The summed E-state index contributed by atoms with van der Waals surface area (Å²) in [5.41, 5.74) is 4.81. The van der Waals surface area contributed by atoms with Crippen molar-refractivity contribution in [3.05, 3.63) is 52.8 Å². The van der Waals surface area contributed by atoms with Crippen LogP contribution in [0.4, 0.5) is 0 Å². The molecule has 0 saturated heterocycles. The zero-order valence-electron chi connectivity index (χ0n) is 15.8. The number of nitrogens with zero attached hydrogens (tertiary/aromatic N) is 2. The Morgan fingerprint density at radius 1 is 1.27 bits per heavy atom.